The SMILES string of the molecule is [CH2]CN1CCCCCCC1. The molecule has 1 rings (SSSR count). The van der Waals surface area contributed by atoms with Gasteiger partial charge >= 0.3 is 0 Å². The van der Waals surface area contributed by atoms with Gasteiger partial charge in [0.2, 0.25) is 0 Å². The maximum Gasteiger partial charge on any atom is -0.00183 e. The first-order chi connectivity index (χ1) is 4.93. The van der Waals surface area contributed by atoms with Gasteiger partial charge in [-0.15, -0.1) is 0 Å². The molecule has 0 aromatic rings. The van der Waals surface area contributed by atoms with Gasteiger partial charge in [-0.1, -0.05) is 19.3 Å². The molecule has 1 nitrogen and oxygen atoms in total. The van der Waals surface area contributed by atoms with Crippen LogP contribution in [0.4, 0.5) is 0 Å². The molecule has 0 bridgehead atoms. The fraction of sp³-hybridized carbons (Fsp3) is 0.889. The van der Waals surface area contributed by atoms with Gasteiger partial charge in [0.15, 0.2) is 0 Å². The van der Waals surface area contributed by atoms with E-state index in [1.807, 2.05) is 0 Å². The second-order valence-corrected chi connectivity index (χ2v) is 3.11. The first kappa shape index (κ1) is 8.06. The summed E-state index contributed by atoms with van der Waals surface area (Å²) in [6.45, 7) is 7.47. The molecule has 1 aliphatic heterocycles. The quantitative estimate of drug-likeness (QED) is 0.539. The zero-order chi connectivity index (χ0) is 7.23. The van der Waals surface area contributed by atoms with Crippen LogP contribution in [0.15, 0.2) is 0 Å². The van der Waals surface area contributed by atoms with E-state index in [0.29, 0.717) is 0 Å². The van der Waals surface area contributed by atoms with E-state index >= 15 is 0 Å². The normalized spacial score (nSPS) is 23.7. The third-order valence-corrected chi connectivity index (χ3v) is 2.26. The molecule has 0 unspecified atom stereocenters. The van der Waals surface area contributed by atoms with Gasteiger partial charge in [-0.3, -0.25) is 0 Å². The molecule has 0 N–H and O–H groups in total. The van der Waals surface area contributed by atoms with Gasteiger partial charge in [0.05, 0.1) is 0 Å². The zero-order valence-electron chi connectivity index (χ0n) is 6.81. The topological polar surface area (TPSA) is 3.24 Å². The van der Waals surface area contributed by atoms with E-state index in [4.69, 9.17) is 0 Å². The number of hydrogen-bond acceptors (Lipinski definition) is 1. The van der Waals surface area contributed by atoms with Crippen LogP contribution in [0.5, 0.6) is 0 Å². The maximum atomic E-state index is 3.91. The van der Waals surface area contributed by atoms with Crippen LogP contribution >= 0.6 is 0 Å². The molecule has 1 heteroatoms. The van der Waals surface area contributed by atoms with E-state index in [0.717, 1.165) is 6.54 Å². The molecule has 0 aromatic carbocycles. The second kappa shape index (κ2) is 4.73. The van der Waals surface area contributed by atoms with Crippen molar-refractivity contribution >= 4 is 0 Å². The third kappa shape index (κ3) is 2.70. The van der Waals surface area contributed by atoms with E-state index in [2.05, 4.69) is 11.8 Å². The highest BCUT2D eigenvalue weighted by Gasteiger charge is 2.04. The van der Waals surface area contributed by atoms with Gasteiger partial charge in [-0.25, -0.2) is 0 Å². The van der Waals surface area contributed by atoms with Gasteiger partial charge in [0.25, 0.3) is 0 Å². The van der Waals surface area contributed by atoms with Crippen LogP contribution in [0.3, 0.4) is 0 Å². The Bertz CT molecular complexity index is 72.8. The van der Waals surface area contributed by atoms with Crippen molar-refractivity contribution in [2.24, 2.45) is 0 Å². The summed E-state index contributed by atoms with van der Waals surface area (Å²) in [4.78, 5) is 2.46. The number of likely N-dealkylation sites (tertiary alicyclic amines) is 1. The molecule has 1 aliphatic rings. The Morgan fingerprint density at radius 2 is 1.40 bits per heavy atom. The van der Waals surface area contributed by atoms with Crippen molar-refractivity contribution in [2.75, 3.05) is 19.6 Å². The predicted octanol–water partition coefficient (Wildman–Crippen LogP) is 2.09. The van der Waals surface area contributed by atoms with E-state index in [1.165, 1.54) is 45.2 Å². The Hall–Kier alpha value is -0.0400. The molecule has 1 fully saturated rings. The molecule has 0 spiro atoms. The van der Waals surface area contributed by atoms with Crippen LogP contribution in [-0.2, 0) is 0 Å². The summed E-state index contributed by atoms with van der Waals surface area (Å²) in [5.74, 6) is 0. The lowest BCUT2D eigenvalue weighted by molar-refractivity contribution is 0.270. The Morgan fingerprint density at radius 3 is 1.90 bits per heavy atom. The van der Waals surface area contributed by atoms with Gasteiger partial charge in [-0.2, -0.15) is 0 Å². The van der Waals surface area contributed by atoms with Crippen molar-refractivity contribution in [3.8, 4) is 0 Å². The van der Waals surface area contributed by atoms with Crippen LogP contribution in [0.25, 0.3) is 0 Å². The van der Waals surface area contributed by atoms with Crippen LogP contribution in [0.1, 0.15) is 32.1 Å². The molecule has 0 atom stereocenters. The molecule has 10 heavy (non-hydrogen) atoms. The number of hydrogen-bond donors (Lipinski definition) is 0. The minimum Gasteiger partial charge on any atom is -0.303 e. The lowest BCUT2D eigenvalue weighted by atomic mass is 10.1. The summed E-state index contributed by atoms with van der Waals surface area (Å²) >= 11 is 0. The average Bonchev–Trinajstić information content (AvgIpc) is 1.87. The molecule has 1 radical (unpaired) electrons. The summed E-state index contributed by atoms with van der Waals surface area (Å²) in [6.07, 6.45) is 7.07. The van der Waals surface area contributed by atoms with Crippen molar-refractivity contribution in [1.29, 1.82) is 0 Å². The van der Waals surface area contributed by atoms with Crippen LogP contribution < -0.4 is 0 Å². The molecule has 0 aliphatic carbocycles. The molecule has 0 aromatic heterocycles. The summed E-state index contributed by atoms with van der Waals surface area (Å²) in [5.41, 5.74) is 0. The van der Waals surface area contributed by atoms with Crippen molar-refractivity contribution in [2.45, 2.75) is 32.1 Å². The van der Waals surface area contributed by atoms with E-state index < -0.39 is 0 Å². The molecular weight excluding hydrogens is 122 g/mol. The summed E-state index contributed by atoms with van der Waals surface area (Å²) in [5, 5.41) is 0. The predicted molar refractivity (Wildman–Crippen MR) is 44.9 cm³/mol. The van der Waals surface area contributed by atoms with Gasteiger partial charge in [0, 0.05) is 0 Å². The molecule has 0 amide bonds. The maximum absolute atomic E-state index is 3.91. The Labute approximate surface area is 64.4 Å². The van der Waals surface area contributed by atoms with Crippen molar-refractivity contribution in [1.82, 2.24) is 4.90 Å². The number of nitrogens with zero attached hydrogens (tertiary/aromatic N) is 1. The lowest BCUT2D eigenvalue weighted by Gasteiger charge is -2.22. The Kier molecular flexibility index (Phi) is 3.81. The van der Waals surface area contributed by atoms with Crippen LogP contribution in [-0.4, -0.2) is 24.5 Å². The van der Waals surface area contributed by atoms with Gasteiger partial charge < -0.3 is 4.90 Å². The molecular formula is C9H18N. The molecule has 0 saturated carbocycles. The summed E-state index contributed by atoms with van der Waals surface area (Å²) in [7, 11) is 0. The molecule has 1 heterocycles. The minimum atomic E-state index is 1.00. The monoisotopic (exact) mass is 140 g/mol. The Balaban J connectivity index is 2.16. The number of rotatable bonds is 1. The Morgan fingerprint density at radius 1 is 0.900 bits per heavy atom. The van der Waals surface area contributed by atoms with E-state index in [1.54, 1.807) is 0 Å². The fourth-order valence-electron chi connectivity index (χ4n) is 1.54. The first-order valence-corrected chi connectivity index (χ1v) is 4.45. The van der Waals surface area contributed by atoms with E-state index in [9.17, 15) is 0 Å². The van der Waals surface area contributed by atoms with Crippen LogP contribution in [0, 0.1) is 6.92 Å². The zero-order valence-corrected chi connectivity index (χ0v) is 6.81. The smallest absolute Gasteiger partial charge is 0.00183 e. The highest BCUT2D eigenvalue weighted by molar-refractivity contribution is 4.62. The van der Waals surface area contributed by atoms with Gasteiger partial charge in [0.1, 0.15) is 0 Å². The highest BCUT2D eigenvalue weighted by Crippen LogP contribution is 2.09. The lowest BCUT2D eigenvalue weighted by Crippen LogP contribution is -2.26. The summed E-state index contributed by atoms with van der Waals surface area (Å²) in [6, 6.07) is 0. The van der Waals surface area contributed by atoms with Gasteiger partial charge in [-0.05, 0) is 39.4 Å². The standard InChI is InChI=1S/C9H18N/c1-2-10-8-6-4-3-5-7-9-10/h1-9H2. The first-order valence-electron chi connectivity index (χ1n) is 4.45. The van der Waals surface area contributed by atoms with Crippen molar-refractivity contribution in [3.05, 3.63) is 6.92 Å². The third-order valence-electron chi connectivity index (χ3n) is 2.26. The average molecular weight is 140 g/mol. The highest BCUT2D eigenvalue weighted by atomic mass is 15.1. The van der Waals surface area contributed by atoms with Crippen LogP contribution in [0.2, 0.25) is 0 Å². The largest absolute Gasteiger partial charge is 0.303 e. The van der Waals surface area contributed by atoms with Crippen molar-refractivity contribution < 1.29 is 0 Å². The minimum absolute atomic E-state index is 1.00. The summed E-state index contributed by atoms with van der Waals surface area (Å²) < 4.78 is 0. The van der Waals surface area contributed by atoms with E-state index in [-0.39, 0.29) is 0 Å². The van der Waals surface area contributed by atoms with Crippen molar-refractivity contribution in [3.63, 3.8) is 0 Å². The fourth-order valence-corrected chi connectivity index (χ4v) is 1.54. The molecule has 59 valence electrons. The second-order valence-electron chi connectivity index (χ2n) is 3.11. The molecule has 1 saturated heterocycles.